The summed E-state index contributed by atoms with van der Waals surface area (Å²) in [6.07, 6.45) is 0.807. The molecule has 4 heteroatoms. The molecular formula is C17H17NO3. The van der Waals surface area contributed by atoms with Crippen LogP contribution in [-0.2, 0) is 9.59 Å². The Morgan fingerprint density at radius 3 is 2.62 bits per heavy atom. The maximum absolute atomic E-state index is 12.2. The van der Waals surface area contributed by atoms with E-state index in [4.69, 9.17) is 5.11 Å². The van der Waals surface area contributed by atoms with Gasteiger partial charge < -0.3 is 10.0 Å². The molecule has 0 bridgehead atoms. The standard InChI is InChI=1S/C17H17NO3/c1-18(10-16(19)20)17(21)15-9-14(15)13-7-6-11-4-2-3-5-12(11)8-13/h2-8,14-15H,9-10H2,1H3,(H,19,20). The highest BCUT2D eigenvalue weighted by Gasteiger charge is 2.45. The third kappa shape index (κ3) is 2.75. The molecule has 108 valence electrons. The number of carbonyl (C=O) groups excluding carboxylic acids is 1. The van der Waals surface area contributed by atoms with Gasteiger partial charge in [0.2, 0.25) is 5.91 Å². The first kappa shape index (κ1) is 13.6. The number of amides is 1. The first-order valence-electron chi connectivity index (χ1n) is 7.02. The van der Waals surface area contributed by atoms with Gasteiger partial charge >= 0.3 is 5.97 Å². The van der Waals surface area contributed by atoms with Crippen molar-refractivity contribution in [3.8, 4) is 0 Å². The molecule has 1 fully saturated rings. The van der Waals surface area contributed by atoms with Crippen molar-refractivity contribution in [2.45, 2.75) is 12.3 Å². The summed E-state index contributed by atoms with van der Waals surface area (Å²) < 4.78 is 0. The lowest BCUT2D eigenvalue weighted by Crippen LogP contribution is -2.33. The number of carboxylic acids is 1. The van der Waals surface area contributed by atoms with Gasteiger partial charge in [0.25, 0.3) is 0 Å². The lowest BCUT2D eigenvalue weighted by Gasteiger charge is -2.14. The minimum atomic E-state index is -0.978. The Morgan fingerprint density at radius 1 is 1.19 bits per heavy atom. The molecule has 2 unspecified atom stereocenters. The third-order valence-electron chi connectivity index (χ3n) is 4.06. The molecule has 0 radical (unpaired) electrons. The Bertz CT molecular complexity index is 710. The van der Waals surface area contributed by atoms with Gasteiger partial charge in [-0.1, -0.05) is 42.5 Å². The second-order valence-corrected chi connectivity index (χ2v) is 5.64. The molecule has 2 aromatic carbocycles. The van der Waals surface area contributed by atoms with Crippen LogP contribution in [0.15, 0.2) is 42.5 Å². The lowest BCUT2D eigenvalue weighted by atomic mass is 10.0. The van der Waals surface area contributed by atoms with E-state index < -0.39 is 5.97 Å². The SMILES string of the molecule is CN(CC(=O)O)C(=O)C1CC1c1ccc2ccccc2c1. The van der Waals surface area contributed by atoms with E-state index >= 15 is 0 Å². The summed E-state index contributed by atoms with van der Waals surface area (Å²) in [5, 5.41) is 11.1. The molecule has 3 rings (SSSR count). The first-order chi connectivity index (χ1) is 10.1. The quantitative estimate of drug-likeness (QED) is 0.938. The lowest BCUT2D eigenvalue weighted by molar-refractivity contribution is -0.144. The van der Waals surface area contributed by atoms with Gasteiger partial charge in [0.15, 0.2) is 0 Å². The molecule has 2 atom stereocenters. The van der Waals surface area contributed by atoms with Crippen molar-refractivity contribution < 1.29 is 14.7 Å². The van der Waals surface area contributed by atoms with Crippen LogP contribution in [-0.4, -0.2) is 35.5 Å². The fourth-order valence-electron chi connectivity index (χ4n) is 2.84. The van der Waals surface area contributed by atoms with E-state index in [9.17, 15) is 9.59 Å². The van der Waals surface area contributed by atoms with Crippen LogP contribution in [0.3, 0.4) is 0 Å². The highest BCUT2D eigenvalue weighted by atomic mass is 16.4. The zero-order chi connectivity index (χ0) is 15.0. The Labute approximate surface area is 123 Å². The largest absolute Gasteiger partial charge is 0.480 e. The molecule has 1 amide bonds. The summed E-state index contributed by atoms with van der Waals surface area (Å²) >= 11 is 0. The van der Waals surface area contributed by atoms with Gasteiger partial charge in [-0.25, -0.2) is 0 Å². The summed E-state index contributed by atoms with van der Waals surface area (Å²) in [5.41, 5.74) is 1.16. The van der Waals surface area contributed by atoms with E-state index in [1.807, 2.05) is 12.1 Å². The number of carbonyl (C=O) groups is 2. The van der Waals surface area contributed by atoms with E-state index in [1.165, 1.54) is 15.7 Å². The van der Waals surface area contributed by atoms with Crippen LogP contribution in [0.25, 0.3) is 10.8 Å². The van der Waals surface area contributed by atoms with Crippen molar-refractivity contribution in [1.29, 1.82) is 0 Å². The highest BCUT2D eigenvalue weighted by molar-refractivity contribution is 5.87. The summed E-state index contributed by atoms with van der Waals surface area (Å²) in [6, 6.07) is 14.4. The Kier molecular flexibility index (Phi) is 3.37. The fourth-order valence-corrected chi connectivity index (χ4v) is 2.84. The van der Waals surface area contributed by atoms with Crippen molar-refractivity contribution >= 4 is 22.6 Å². The molecule has 21 heavy (non-hydrogen) atoms. The van der Waals surface area contributed by atoms with Crippen molar-refractivity contribution in [1.82, 2.24) is 4.90 Å². The first-order valence-corrected chi connectivity index (χ1v) is 7.02. The smallest absolute Gasteiger partial charge is 0.323 e. The van der Waals surface area contributed by atoms with Crippen LogP contribution >= 0.6 is 0 Å². The number of carboxylic acid groups (broad SMARTS) is 1. The van der Waals surface area contributed by atoms with Gasteiger partial charge in [-0.2, -0.15) is 0 Å². The van der Waals surface area contributed by atoms with Crippen molar-refractivity contribution in [2.24, 2.45) is 5.92 Å². The maximum atomic E-state index is 12.2. The van der Waals surface area contributed by atoms with Gasteiger partial charge in [-0.15, -0.1) is 0 Å². The molecule has 0 spiro atoms. The number of rotatable bonds is 4. The summed E-state index contributed by atoms with van der Waals surface area (Å²) in [6.45, 7) is -0.236. The van der Waals surface area contributed by atoms with Crippen LogP contribution in [0.4, 0.5) is 0 Å². The van der Waals surface area contributed by atoms with Crippen molar-refractivity contribution in [3.63, 3.8) is 0 Å². The Balaban J connectivity index is 1.74. The monoisotopic (exact) mass is 283 g/mol. The van der Waals surface area contributed by atoms with E-state index in [1.54, 1.807) is 7.05 Å². The van der Waals surface area contributed by atoms with Gasteiger partial charge in [-0.3, -0.25) is 9.59 Å². The number of hydrogen-bond donors (Lipinski definition) is 1. The van der Waals surface area contributed by atoms with Gasteiger partial charge in [-0.05, 0) is 28.7 Å². The fraction of sp³-hybridized carbons (Fsp3) is 0.294. The molecule has 1 aliphatic rings. The number of fused-ring (bicyclic) bond motifs is 1. The van der Waals surface area contributed by atoms with Crippen LogP contribution in [0.5, 0.6) is 0 Å². The predicted molar refractivity (Wildman–Crippen MR) is 80.1 cm³/mol. The summed E-state index contributed by atoms with van der Waals surface area (Å²) in [5.74, 6) is -0.904. The molecule has 0 aromatic heterocycles. The third-order valence-corrected chi connectivity index (χ3v) is 4.06. The number of hydrogen-bond acceptors (Lipinski definition) is 2. The maximum Gasteiger partial charge on any atom is 0.323 e. The van der Waals surface area contributed by atoms with E-state index in [0.29, 0.717) is 0 Å². The molecule has 0 aliphatic heterocycles. The van der Waals surface area contributed by atoms with Gasteiger partial charge in [0, 0.05) is 13.0 Å². The Morgan fingerprint density at radius 2 is 1.90 bits per heavy atom. The topological polar surface area (TPSA) is 57.6 Å². The van der Waals surface area contributed by atoms with E-state index in [0.717, 1.165) is 12.0 Å². The average Bonchev–Trinajstić information content (AvgIpc) is 3.25. The molecule has 0 heterocycles. The highest BCUT2D eigenvalue weighted by Crippen LogP contribution is 2.48. The van der Waals surface area contributed by atoms with E-state index in [-0.39, 0.29) is 24.3 Å². The van der Waals surface area contributed by atoms with Crippen LogP contribution in [0.2, 0.25) is 0 Å². The predicted octanol–water partition coefficient (Wildman–Crippen LogP) is 2.49. The second-order valence-electron chi connectivity index (χ2n) is 5.64. The summed E-state index contributed by atoms with van der Waals surface area (Å²) in [7, 11) is 1.55. The molecule has 2 aromatic rings. The van der Waals surface area contributed by atoms with Crippen molar-refractivity contribution in [2.75, 3.05) is 13.6 Å². The molecule has 1 saturated carbocycles. The minimum Gasteiger partial charge on any atom is -0.480 e. The summed E-state index contributed by atoms with van der Waals surface area (Å²) in [4.78, 5) is 24.1. The van der Waals surface area contributed by atoms with Crippen LogP contribution in [0.1, 0.15) is 17.9 Å². The number of benzene rings is 2. The molecule has 4 nitrogen and oxygen atoms in total. The van der Waals surface area contributed by atoms with Gasteiger partial charge in [0.05, 0.1) is 0 Å². The van der Waals surface area contributed by atoms with Crippen LogP contribution < -0.4 is 0 Å². The normalized spacial score (nSPS) is 20.2. The zero-order valence-electron chi connectivity index (χ0n) is 11.8. The molecular weight excluding hydrogens is 266 g/mol. The molecule has 1 aliphatic carbocycles. The molecule has 1 N–H and O–H groups in total. The zero-order valence-corrected chi connectivity index (χ0v) is 11.8. The van der Waals surface area contributed by atoms with Gasteiger partial charge in [0.1, 0.15) is 6.54 Å². The number of nitrogens with zero attached hydrogens (tertiary/aromatic N) is 1. The Hall–Kier alpha value is -2.36. The van der Waals surface area contributed by atoms with Crippen LogP contribution in [0, 0.1) is 5.92 Å². The minimum absolute atomic E-state index is 0.0736. The number of aliphatic carboxylic acids is 1. The van der Waals surface area contributed by atoms with E-state index in [2.05, 4.69) is 30.3 Å². The average molecular weight is 283 g/mol. The second kappa shape index (κ2) is 5.20. The van der Waals surface area contributed by atoms with Crippen molar-refractivity contribution in [3.05, 3.63) is 48.0 Å². The number of likely N-dealkylation sites (N-methyl/N-ethyl adjacent to an activating group) is 1. The molecule has 0 saturated heterocycles.